The lowest BCUT2D eigenvalue weighted by Gasteiger charge is -2.33. The second kappa shape index (κ2) is 7.18. The molecule has 130 valence electrons. The molecule has 3 aliphatic heterocycles. The van der Waals surface area contributed by atoms with Crippen LogP contribution in [-0.2, 0) is 9.59 Å². The van der Waals surface area contributed by atoms with Crippen LogP contribution in [0.4, 0.5) is 0 Å². The van der Waals surface area contributed by atoms with Gasteiger partial charge < -0.3 is 15.1 Å². The van der Waals surface area contributed by atoms with Gasteiger partial charge in [-0.3, -0.25) is 14.5 Å². The SMILES string of the molecule is CCN1CCCC1CN1CC(C(=O)N2CCNC(C)C2)CC1=O. The van der Waals surface area contributed by atoms with E-state index in [1.165, 1.54) is 12.8 Å². The van der Waals surface area contributed by atoms with Gasteiger partial charge in [-0.25, -0.2) is 0 Å². The fraction of sp³-hybridized carbons (Fsp3) is 0.882. The summed E-state index contributed by atoms with van der Waals surface area (Å²) in [7, 11) is 0. The number of amides is 2. The van der Waals surface area contributed by atoms with Crippen LogP contribution < -0.4 is 5.32 Å². The Labute approximate surface area is 139 Å². The van der Waals surface area contributed by atoms with Crippen molar-refractivity contribution in [1.82, 2.24) is 20.0 Å². The van der Waals surface area contributed by atoms with Crippen LogP contribution in [0.25, 0.3) is 0 Å². The van der Waals surface area contributed by atoms with Gasteiger partial charge in [0.25, 0.3) is 0 Å². The van der Waals surface area contributed by atoms with Crippen LogP contribution in [0.3, 0.4) is 0 Å². The van der Waals surface area contributed by atoms with E-state index >= 15 is 0 Å². The van der Waals surface area contributed by atoms with E-state index in [1.807, 2.05) is 9.80 Å². The largest absolute Gasteiger partial charge is 0.340 e. The Kier molecular flexibility index (Phi) is 5.21. The van der Waals surface area contributed by atoms with E-state index in [-0.39, 0.29) is 17.7 Å². The lowest BCUT2D eigenvalue weighted by atomic mass is 10.1. The number of rotatable bonds is 4. The molecule has 6 heteroatoms. The molecule has 6 nitrogen and oxygen atoms in total. The maximum atomic E-state index is 12.7. The molecular formula is C17H30N4O2. The summed E-state index contributed by atoms with van der Waals surface area (Å²) >= 11 is 0. The maximum absolute atomic E-state index is 12.7. The number of piperazine rings is 1. The molecule has 0 aromatic rings. The summed E-state index contributed by atoms with van der Waals surface area (Å²) in [6.07, 6.45) is 2.79. The van der Waals surface area contributed by atoms with Gasteiger partial charge in [-0.05, 0) is 32.9 Å². The fourth-order valence-electron chi connectivity index (χ4n) is 4.28. The van der Waals surface area contributed by atoms with Crippen molar-refractivity contribution >= 4 is 11.8 Å². The van der Waals surface area contributed by atoms with Crippen LogP contribution in [0, 0.1) is 5.92 Å². The second-order valence-electron chi connectivity index (χ2n) is 7.26. The van der Waals surface area contributed by atoms with E-state index in [2.05, 4.69) is 24.1 Å². The number of carbonyl (C=O) groups excluding carboxylic acids is 2. The molecular weight excluding hydrogens is 292 g/mol. The first-order valence-electron chi connectivity index (χ1n) is 9.12. The zero-order valence-electron chi connectivity index (χ0n) is 14.5. The van der Waals surface area contributed by atoms with Crippen molar-refractivity contribution in [3.05, 3.63) is 0 Å². The van der Waals surface area contributed by atoms with E-state index < -0.39 is 0 Å². The van der Waals surface area contributed by atoms with Gasteiger partial charge in [0.05, 0.1) is 5.92 Å². The van der Waals surface area contributed by atoms with Crippen LogP contribution >= 0.6 is 0 Å². The molecule has 0 spiro atoms. The highest BCUT2D eigenvalue weighted by Gasteiger charge is 2.39. The van der Waals surface area contributed by atoms with Crippen molar-refractivity contribution in [3.8, 4) is 0 Å². The molecule has 0 aromatic carbocycles. The third-order valence-corrected chi connectivity index (χ3v) is 5.58. The molecule has 23 heavy (non-hydrogen) atoms. The molecule has 0 aliphatic carbocycles. The first kappa shape index (κ1) is 16.7. The Balaban J connectivity index is 1.55. The first-order chi connectivity index (χ1) is 11.1. The van der Waals surface area contributed by atoms with Crippen molar-refractivity contribution < 1.29 is 9.59 Å². The molecule has 0 saturated carbocycles. The molecule has 3 saturated heterocycles. The summed E-state index contributed by atoms with van der Waals surface area (Å²) in [5.41, 5.74) is 0. The monoisotopic (exact) mass is 322 g/mol. The topological polar surface area (TPSA) is 55.9 Å². The molecule has 3 aliphatic rings. The number of likely N-dealkylation sites (N-methyl/N-ethyl adjacent to an activating group) is 1. The first-order valence-corrected chi connectivity index (χ1v) is 9.12. The Bertz CT molecular complexity index is 456. The molecule has 3 fully saturated rings. The van der Waals surface area contributed by atoms with E-state index in [0.29, 0.717) is 25.0 Å². The molecule has 1 N–H and O–H groups in total. The highest BCUT2D eigenvalue weighted by Crippen LogP contribution is 2.24. The fourth-order valence-corrected chi connectivity index (χ4v) is 4.28. The highest BCUT2D eigenvalue weighted by molar-refractivity contribution is 5.89. The van der Waals surface area contributed by atoms with Crippen LogP contribution in [0.1, 0.15) is 33.1 Å². The summed E-state index contributed by atoms with van der Waals surface area (Å²) in [6.45, 7) is 10.3. The lowest BCUT2D eigenvalue weighted by Crippen LogP contribution is -2.53. The van der Waals surface area contributed by atoms with Crippen molar-refractivity contribution in [3.63, 3.8) is 0 Å². The maximum Gasteiger partial charge on any atom is 0.228 e. The molecule has 3 atom stereocenters. The highest BCUT2D eigenvalue weighted by atomic mass is 16.2. The second-order valence-corrected chi connectivity index (χ2v) is 7.26. The standard InChI is InChI=1S/C17H30N4O2/c1-3-19-7-4-5-15(19)12-21-11-14(9-16(21)22)17(23)20-8-6-18-13(2)10-20/h13-15,18H,3-12H2,1-2H3. The minimum atomic E-state index is -0.135. The Morgan fingerprint density at radius 2 is 2.13 bits per heavy atom. The number of carbonyl (C=O) groups is 2. The van der Waals surface area contributed by atoms with Gasteiger partial charge in [-0.15, -0.1) is 0 Å². The van der Waals surface area contributed by atoms with Crippen molar-refractivity contribution in [2.75, 3.05) is 45.8 Å². The summed E-state index contributed by atoms with van der Waals surface area (Å²) in [5, 5.41) is 3.36. The molecule has 0 aromatic heterocycles. The quantitative estimate of drug-likeness (QED) is 0.800. The molecule has 3 unspecified atom stereocenters. The predicted octanol–water partition coefficient (Wildman–Crippen LogP) is 0.140. The predicted molar refractivity (Wildman–Crippen MR) is 89.0 cm³/mol. The molecule has 0 radical (unpaired) electrons. The van der Waals surface area contributed by atoms with E-state index in [0.717, 1.165) is 39.3 Å². The minimum absolute atomic E-state index is 0.135. The Morgan fingerprint density at radius 1 is 1.30 bits per heavy atom. The lowest BCUT2D eigenvalue weighted by molar-refractivity contribution is -0.136. The summed E-state index contributed by atoms with van der Waals surface area (Å²) in [4.78, 5) is 31.4. The Hall–Kier alpha value is -1.14. The zero-order chi connectivity index (χ0) is 16.4. The smallest absolute Gasteiger partial charge is 0.228 e. The third kappa shape index (κ3) is 3.69. The van der Waals surface area contributed by atoms with Gasteiger partial charge >= 0.3 is 0 Å². The molecule has 2 amide bonds. The van der Waals surface area contributed by atoms with Crippen molar-refractivity contribution in [2.24, 2.45) is 5.92 Å². The van der Waals surface area contributed by atoms with E-state index in [1.54, 1.807) is 0 Å². The van der Waals surface area contributed by atoms with Gasteiger partial charge in [0.15, 0.2) is 0 Å². The molecule has 3 heterocycles. The van der Waals surface area contributed by atoms with Gasteiger partial charge in [0, 0.05) is 51.2 Å². The third-order valence-electron chi connectivity index (χ3n) is 5.58. The summed E-state index contributed by atoms with van der Waals surface area (Å²) < 4.78 is 0. The number of hydrogen-bond acceptors (Lipinski definition) is 4. The zero-order valence-corrected chi connectivity index (χ0v) is 14.5. The number of nitrogens with zero attached hydrogens (tertiary/aromatic N) is 3. The number of hydrogen-bond donors (Lipinski definition) is 1. The van der Waals surface area contributed by atoms with E-state index in [9.17, 15) is 9.59 Å². The number of nitrogens with one attached hydrogen (secondary N) is 1. The van der Waals surface area contributed by atoms with Crippen LogP contribution in [0.15, 0.2) is 0 Å². The van der Waals surface area contributed by atoms with Gasteiger partial charge in [0.1, 0.15) is 0 Å². The summed E-state index contributed by atoms with van der Waals surface area (Å²) in [6, 6.07) is 0.828. The van der Waals surface area contributed by atoms with Crippen molar-refractivity contribution in [2.45, 2.75) is 45.2 Å². The average molecular weight is 322 g/mol. The minimum Gasteiger partial charge on any atom is -0.340 e. The van der Waals surface area contributed by atoms with Gasteiger partial charge in [0.2, 0.25) is 11.8 Å². The number of likely N-dealkylation sites (tertiary alicyclic amines) is 2. The van der Waals surface area contributed by atoms with Gasteiger partial charge in [-0.2, -0.15) is 0 Å². The molecule has 0 bridgehead atoms. The van der Waals surface area contributed by atoms with Crippen LogP contribution in [0.2, 0.25) is 0 Å². The van der Waals surface area contributed by atoms with Gasteiger partial charge in [-0.1, -0.05) is 6.92 Å². The Morgan fingerprint density at radius 3 is 2.87 bits per heavy atom. The normalized spacial score (nSPS) is 32.8. The summed E-state index contributed by atoms with van der Waals surface area (Å²) in [5.74, 6) is 0.201. The van der Waals surface area contributed by atoms with Crippen LogP contribution in [-0.4, -0.2) is 84.4 Å². The van der Waals surface area contributed by atoms with Crippen molar-refractivity contribution in [1.29, 1.82) is 0 Å². The average Bonchev–Trinajstić information content (AvgIpc) is 3.14. The van der Waals surface area contributed by atoms with E-state index in [4.69, 9.17) is 0 Å². The molecule has 3 rings (SSSR count). The van der Waals surface area contributed by atoms with Crippen LogP contribution in [0.5, 0.6) is 0 Å².